The van der Waals surface area contributed by atoms with Crippen molar-refractivity contribution < 1.29 is 0 Å². The molecule has 3 nitrogen and oxygen atoms in total. The minimum Gasteiger partial charge on any atom is -0.317 e. The van der Waals surface area contributed by atoms with E-state index in [9.17, 15) is 0 Å². The van der Waals surface area contributed by atoms with Crippen molar-refractivity contribution in [2.45, 2.75) is 25.2 Å². The molecule has 0 spiro atoms. The molecule has 1 fully saturated rings. The van der Waals surface area contributed by atoms with Crippen LogP contribution in [0.5, 0.6) is 0 Å². The Morgan fingerprint density at radius 1 is 1.25 bits per heavy atom. The van der Waals surface area contributed by atoms with Crippen molar-refractivity contribution in [3.63, 3.8) is 0 Å². The molecule has 1 N–H and O–H groups in total. The van der Waals surface area contributed by atoms with Gasteiger partial charge in [0.25, 0.3) is 0 Å². The molecule has 0 radical (unpaired) electrons. The van der Waals surface area contributed by atoms with E-state index >= 15 is 0 Å². The van der Waals surface area contributed by atoms with Crippen LogP contribution in [-0.4, -0.2) is 22.6 Å². The maximum absolute atomic E-state index is 6.32. The number of imidazole rings is 1. The van der Waals surface area contributed by atoms with E-state index in [1.165, 1.54) is 5.69 Å². The van der Waals surface area contributed by atoms with Crippen LogP contribution in [-0.2, 0) is 5.41 Å². The molecule has 0 unspecified atom stereocenters. The van der Waals surface area contributed by atoms with Crippen molar-refractivity contribution in [2.75, 3.05) is 13.1 Å². The molecular weight excluding hydrogens is 293 g/mol. The van der Waals surface area contributed by atoms with Gasteiger partial charge < -0.3 is 9.88 Å². The zero-order valence-electron chi connectivity index (χ0n) is 11.4. The Hall–Kier alpha value is -1.03. The number of nitrogens with one attached hydrogen (secondary N) is 1. The van der Waals surface area contributed by atoms with Crippen LogP contribution >= 0.6 is 23.2 Å². The molecule has 0 bridgehead atoms. The first kappa shape index (κ1) is 13.9. The van der Waals surface area contributed by atoms with Gasteiger partial charge in [-0.25, -0.2) is 4.98 Å². The van der Waals surface area contributed by atoms with Gasteiger partial charge >= 0.3 is 0 Å². The zero-order valence-corrected chi connectivity index (χ0v) is 12.9. The third kappa shape index (κ3) is 2.46. The fourth-order valence-corrected chi connectivity index (χ4v) is 3.21. The van der Waals surface area contributed by atoms with Crippen LogP contribution in [0.2, 0.25) is 10.0 Å². The van der Waals surface area contributed by atoms with Crippen LogP contribution < -0.4 is 5.32 Å². The van der Waals surface area contributed by atoms with E-state index in [4.69, 9.17) is 23.2 Å². The predicted octanol–water partition coefficient (Wildman–Crippen LogP) is 3.82. The molecule has 0 saturated carbocycles. The molecule has 1 saturated heterocycles. The standard InChI is InChI=1S/C15H17Cl2N3/c1-15(4-6-18-7-5-15)14-9-19-10-20(14)13-8-11(16)2-3-12(13)17/h2-3,8-10,18H,4-7H2,1H3. The Labute approximate surface area is 128 Å². The first-order valence-corrected chi connectivity index (χ1v) is 7.55. The summed E-state index contributed by atoms with van der Waals surface area (Å²) in [5.74, 6) is 0. The Balaban J connectivity index is 2.08. The summed E-state index contributed by atoms with van der Waals surface area (Å²) in [4.78, 5) is 4.33. The van der Waals surface area contributed by atoms with Gasteiger partial charge in [-0.15, -0.1) is 0 Å². The number of aromatic nitrogens is 2. The van der Waals surface area contributed by atoms with Crippen LogP contribution in [0.4, 0.5) is 0 Å². The van der Waals surface area contributed by atoms with Gasteiger partial charge in [0.1, 0.15) is 0 Å². The predicted molar refractivity (Wildman–Crippen MR) is 83.0 cm³/mol. The molecule has 1 aliphatic rings. The number of nitrogens with zero attached hydrogens (tertiary/aromatic N) is 2. The first-order valence-electron chi connectivity index (χ1n) is 6.79. The van der Waals surface area contributed by atoms with Crippen molar-refractivity contribution >= 4 is 23.2 Å². The largest absolute Gasteiger partial charge is 0.317 e. The van der Waals surface area contributed by atoms with Gasteiger partial charge in [-0.3, -0.25) is 0 Å². The second-order valence-electron chi connectivity index (χ2n) is 5.56. The van der Waals surface area contributed by atoms with E-state index in [2.05, 4.69) is 21.8 Å². The molecule has 0 amide bonds. The molecule has 2 aromatic rings. The van der Waals surface area contributed by atoms with Crippen molar-refractivity contribution in [1.82, 2.24) is 14.9 Å². The Bertz CT molecular complexity index is 615. The van der Waals surface area contributed by atoms with E-state index in [0.29, 0.717) is 10.0 Å². The molecule has 0 aliphatic carbocycles. The van der Waals surface area contributed by atoms with Gasteiger partial charge in [0.2, 0.25) is 0 Å². The highest BCUT2D eigenvalue weighted by Crippen LogP contribution is 2.35. The molecule has 2 heterocycles. The van der Waals surface area contributed by atoms with Gasteiger partial charge in [-0.2, -0.15) is 0 Å². The maximum Gasteiger partial charge on any atom is 0.0994 e. The van der Waals surface area contributed by atoms with E-state index in [-0.39, 0.29) is 5.41 Å². The second-order valence-corrected chi connectivity index (χ2v) is 6.40. The summed E-state index contributed by atoms with van der Waals surface area (Å²) in [5.41, 5.74) is 2.21. The average molecular weight is 310 g/mol. The molecule has 1 aromatic carbocycles. The number of hydrogen-bond donors (Lipinski definition) is 1. The van der Waals surface area contributed by atoms with Crippen LogP contribution in [0.15, 0.2) is 30.7 Å². The number of halogens is 2. The van der Waals surface area contributed by atoms with E-state index in [1.54, 1.807) is 6.07 Å². The average Bonchev–Trinajstić information content (AvgIpc) is 2.92. The second kappa shape index (κ2) is 5.40. The minimum atomic E-state index is 0.118. The van der Waals surface area contributed by atoms with Crippen molar-refractivity contribution in [3.8, 4) is 5.69 Å². The Morgan fingerprint density at radius 2 is 2.00 bits per heavy atom. The van der Waals surface area contributed by atoms with Crippen LogP contribution in [0.3, 0.4) is 0 Å². The van der Waals surface area contributed by atoms with Gasteiger partial charge in [0.05, 0.1) is 17.0 Å². The summed E-state index contributed by atoms with van der Waals surface area (Å²) >= 11 is 12.4. The molecule has 106 valence electrons. The summed E-state index contributed by atoms with van der Waals surface area (Å²) in [6, 6.07) is 5.52. The molecule has 20 heavy (non-hydrogen) atoms. The monoisotopic (exact) mass is 309 g/mol. The lowest BCUT2D eigenvalue weighted by Crippen LogP contribution is -2.38. The van der Waals surface area contributed by atoms with Crippen LogP contribution in [0, 0.1) is 0 Å². The quantitative estimate of drug-likeness (QED) is 0.914. The first-order chi connectivity index (χ1) is 9.60. The summed E-state index contributed by atoms with van der Waals surface area (Å²) < 4.78 is 2.07. The topological polar surface area (TPSA) is 29.9 Å². The van der Waals surface area contributed by atoms with E-state index < -0.39 is 0 Å². The normalized spacial score (nSPS) is 18.1. The summed E-state index contributed by atoms with van der Waals surface area (Å²) in [6.07, 6.45) is 5.95. The van der Waals surface area contributed by atoms with E-state index in [0.717, 1.165) is 31.6 Å². The van der Waals surface area contributed by atoms with Crippen molar-refractivity contribution in [2.24, 2.45) is 0 Å². The Kier molecular flexibility index (Phi) is 3.76. The third-order valence-corrected chi connectivity index (χ3v) is 4.69. The lowest BCUT2D eigenvalue weighted by Gasteiger charge is -2.34. The highest BCUT2D eigenvalue weighted by atomic mass is 35.5. The summed E-state index contributed by atoms with van der Waals surface area (Å²) in [7, 11) is 0. The molecule has 1 aliphatic heterocycles. The number of piperidine rings is 1. The third-order valence-electron chi connectivity index (χ3n) is 4.13. The maximum atomic E-state index is 6.32. The number of benzene rings is 1. The summed E-state index contributed by atoms with van der Waals surface area (Å²) in [6.45, 7) is 4.36. The smallest absolute Gasteiger partial charge is 0.0994 e. The van der Waals surface area contributed by atoms with Crippen LogP contribution in [0.25, 0.3) is 5.69 Å². The van der Waals surface area contributed by atoms with Gasteiger partial charge in [-0.05, 0) is 44.1 Å². The fourth-order valence-electron chi connectivity index (χ4n) is 2.84. The van der Waals surface area contributed by atoms with Crippen LogP contribution in [0.1, 0.15) is 25.5 Å². The fraction of sp³-hybridized carbons (Fsp3) is 0.400. The molecule has 0 atom stereocenters. The molecule has 5 heteroatoms. The highest BCUT2D eigenvalue weighted by molar-refractivity contribution is 6.34. The minimum absolute atomic E-state index is 0.118. The SMILES string of the molecule is CC1(c2cncn2-c2cc(Cl)ccc2Cl)CCNCC1. The van der Waals surface area contributed by atoms with Gasteiger partial charge in [0.15, 0.2) is 0 Å². The van der Waals surface area contributed by atoms with Gasteiger partial charge in [0, 0.05) is 22.3 Å². The van der Waals surface area contributed by atoms with E-state index in [1.807, 2.05) is 24.7 Å². The highest BCUT2D eigenvalue weighted by Gasteiger charge is 2.32. The zero-order chi connectivity index (χ0) is 14.2. The van der Waals surface area contributed by atoms with Crippen molar-refractivity contribution in [1.29, 1.82) is 0 Å². The number of hydrogen-bond acceptors (Lipinski definition) is 2. The lowest BCUT2D eigenvalue weighted by molar-refractivity contribution is 0.324. The van der Waals surface area contributed by atoms with Gasteiger partial charge in [-0.1, -0.05) is 30.1 Å². The molecule has 3 rings (SSSR count). The summed E-state index contributed by atoms with van der Waals surface area (Å²) in [5, 5.41) is 4.77. The van der Waals surface area contributed by atoms with Crippen molar-refractivity contribution in [3.05, 3.63) is 46.5 Å². The Morgan fingerprint density at radius 3 is 2.75 bits per heavy atom. The molecule has 1 aromatic heterocycles. The molecular formula is C15H17Cl2N3. The lowest BCUT2D eigenvalue weighted by atomic mass is 9.78. The number of rotatable bonds is 2.